The molecule has 0 saturated heterocycles. The second-order valence-corrected chi connectivity index (χ2v) is 5.53. The number of fused-ring (bicyclic) bond motifs is 1. The molecule has 0 aliphatic heterocycles. The van der Waals surface area contributed by atoms with Gasteiger partial charge >= 0.3 is 11.9 Å². The van der Waals surface area contributed by atoms with Gasteiger partial charge in [-0.25, -0.2) is 14.6 Å². The summed E-state index contributed by atoms with van der Waals surface area (Å²) in [6.45, 7) is 0.973. The van der Waals surface area contributed by atoms with Crippen molar-refractivity contribution in [3.05, 3.63) is 52.5 Å². The molecule has 4 N–H and O–H groups in total. The summed E-state index contributed by atoms with van der Waals surface area (Å²) in [6, 6.07) is 7.02. The molecule has 0 unspecified atom stereocenters. The maximum Gasteiger partial charge on any atom is 0.414 e. The van der Waals surface area contributed by atoms with E-state index in [1.54, 1.807) is 25.5 Å². The lowest BCUT2D eigenvalue weighted by atomic mass is 10.2. The van der Waals surface area contributed by atoms with E-state index in [1.165, 1.54) is 7.11 Å². The maximum absolute atomic E-state index is 12.2. The Bertz CT molecular complexity index is 1030. The third-order valence-corrected chi connectivity index (χ3v) is 3.61. The Morgan fingerprint density at radius 2 is 1.79 bits per heavy atom. The van der Waals surface area contributed by atoms with Crippen LogP contribution in [-0.2, 0) is 22.7 Å². The molecule has 0 spiro atoms. The van der Waals surface area contributed by atoms with Crippen LogP contribution in [0.25, 0.3) is 10.9 Å². The van der Waals surface area contributed by atoms with Crippen LogP contribution in [0, 0.1) is 0 Å². The number of benzene rings is 1. The number of methoxy groups -OCH3 is 2. The molecule has 0 saturated carbocycles. The molecule has 29 heavy (non-hydrogen) atoms. The Morgan fingerprint density at radius 3 is 2.34 bits per heavy atom. The Kier molecular flexibility index (Phi) is 7.32. The van der Waals surface area contributed by atoms with Crippen molar-refractivity contribution in [2.24, 2.45) is 0 Å². The highest BCUT2D eigenvalue weighted by Gasteiger charge is 2.11. The van der Waals surface area contributed by atoms with Crippen molar-refractivity contribution in [3.8, 4) is 11.5 Å². The number of aliphatic carboxylic acids is 2. The number of aromatic amines is 1. The minimum absolute atomic E-state index is 0.217. The number of H-pyrrole nitrogens is 1. The fourth-order valence-corrected chi connectivity index (χ4v) is 2.32. The average Bonchev–Trinajstić information content (AvgIpc) is 3.21. The maximum atomic E-state index is 12.2. The van der Waals surface area contributed by atoms with Crippen molar-refractivity contribution < 1.29 is 33.7 Å². The highest BCUT2D eigenvalue weighted by molar-refractivity contribution is 6.27. The fraction of sp³-hybridized carbons (Fsp3) is 0.222. The number of hydrogen-bond donors (Lipinski definition) is 4. The Labute approximate surface area is 163 Å². The quantitative estimate of drug-likeness (QED) is 0.434. The van der Waals surface area contributed by atoms with Gasteiger partial charge in [0.25, 0.3) is 5.56 Å². The molecule has 2 heterocycles. The first-order chi connectivity index (χ1) is 13.8. The zero-order valence-corrected chi connectivity index (χ0v) is 15.6. The molecule has 0 aliphatic rings. The number of hydrogen-bond acceptors (Lipinski definition) is 8. The lowest BCUT2D eigenvalue weighted by molar-refractivity contribution is -0.159. The van der Waals surface area contributed by atoms with Gasteiger partial charge in [0.15, 0.2) is 11.5 Å². The summed E-state index contributed by atoms with van der Waals surface area (Å²) in [5, 5.41) is 18.4. The lowest BCUT2D eigenvalue weighted by Gasteiger charge is -2.09. The SMILES string of the molecule is COc1cc2nc(CNCc3ccco3)[nH]c(=O)c2cc1OC.O=C(O)C(=O)O. The summed E-state index contributed by atoms with van der Waals surface area (Å²) in [6.07, 6.45) is 1.62. The first-order valence-electron chi connectivity index (χ1n) is 8.20. The second kappa shape index (κ2) is 9.90. The van der Waals surface area contributed by atoms with E-state index in [0.717, 1.165) is 5.76 Å². The van der Waals surface area contributed by atoms with E-state index >= 15 is 0 Å². The van der Waals surface area contributed by atoms with Crippen LogP contribution < -0.4 is 20.3 Å². The average molecular weight is 405 g/mol. The zero-order chi connectivity index (χ0) is 21.4. The van der Waals surface area contributed by atoms with E-state index in [-0.39, 0.29) is 5.56 Å². The summed E-state index contributed by atoms with van der Waals surface area (Å²) in [4.78, 5) is 37.6. The van der Waals surface area contributed by atoms with Gasteiger partial charge in [-0.1, -0.05) is 0 Å². The predicted molar refractivity (Wildman–Crippen MR) is 100.0 cm³/mol. The van der Waals surface area contributed by atoms with Crippen molar-refractivity contribution >= 4 is 22.8 Å². The van der Waals surface area contributed by atoms with Gasteiger partial charge < -0.3 is 34.4 Å². The smallest absolute Gasteiger partial charge is 0.414 e. The molecule has 3 aromatic rings. The number of ether oxygens (including phenoxy) is 2. The largest absolute Gasteiger partial charge is 0.493 e. The Morgan fingerprint density at radius 1 is 1.14 bits per heavy atom. The molecule has 1 aromatic carbocycles. The van der Waals surface area contributed by atoms with Crippen LogP contribution in [0.5, 0.6) is 11.5 Å². The predicted octanol–water partition coefficient (Wildman–Crippen LogP) is 0.979. The standard InChI is InChI=1S/C16H17N3O4.C2H2O4/c1-21-13-6-11-12(7-14(13)22-2)18-15(19-16(11)20)9-17-8-10-4-3-5-23-10;3-1(4)2(5)6/h3-7,17H,8-9H2,1-2H3,(H,18,19,20);(H,3,4)(H,5,6). The molecule has 11 nitrogen and oxygen atoms in total. The summed E-state index contributed by atoms with van der Waals surface area (Å²) < 4.78 is 15.7. The number of nitrogens with zero attached hydrogens (tertiary/aromatic N) is 1. The first kappa shape index (κ1) is 21.4. The number of nitrogens with one attached hydrogen (secondary N) is 2. The minimum atomic E-state index is -1.82. The second-order valence-electron chi connectivity index (χ2n) is 5.53. The molecule has 0 bridgehead atoms. The van der Waals surface area contributed by atoms with E-state index in [2.05, 4.69) is 15.3 Å². The van der Waals surface area contributed by atoms with Gasteiger partial charge in [0.1, 0.15) is 11.6 Å². The summed E-state index contributed by atoms with van der Waals surface area (Å²) >= 11 is 0. The molecule has 3 rings (SSSR count). The van der Waals surface area contributed by atoms with E-state index in [4.69, 9.17) is 33.7 Å². The number of furan rings is 1. The first-order valence-corrected chi connectivity index (χ1v) is 8.20. The Balaban J connectivity index is 0.000000438. The van der Waals surface area contributed by atoms with Crippen LogP contribution in [0.1, 0.15) is 11.6 Å². The molecule has 0 atom stereocenters. The van der Waals surface area contributed by atoms with Crippen molar-refractivity contribution in [1.82, 2.24) is 15.3 Å². The van der Waals surface area contributed by atoms with Crippen molar-refractivity contribution in [3.63, 3.8) is 0 Å². The molecule has 0 amide bonds. The van der Waals surface area contributed by atoms with Crippen LogP contribution in [0.15, 0.2) is 39.7 Å². The molecular formula is C18H19N3O8. The molecule has 0 aliphatic carbocycles. The van der Waals surface area contributed by atoms with Crippen molar-refractivity contribution in [2.45, 2.75) is 13.1 Å². The third kappa shape index (κ3) is 5.81. The van der Waals surface area contributed by atoms with Crippen LogP contribution in [0.4, 0.5) is 0 Å². The van der Waals surface area contributed by atoms with Gasteiger partial charge in [0, 0.05) is 6.07 Å². The zero-order valence-electron chi connectivity index (χ0n) is 15.6. The molecular weight excluding hydrogens is 386 g/mol. The number of aromatic nitrogens is 2. The fourth-order valence-electron chi connectivity index (χ4n) is 2.32. The summed E-state index contributed by atoms with van der Waals surface area (Å²) in [5.41, 5.74) is 0.340. The van der Waals surface area contributed by atoms with E-state index in [9.17, 15) is 4.79 Å². The highest BCUT2D eigenvalue weighted by atomic mass is 16.5. The molecule has 0 radical (unpaired) electrons. The van der Waals surface area contributed by atoms with Crippen LogP contribution >= 0.6 is 0 Å². The van der Waals surface area contributed by atoms with Gasteiger partial charge in [-0.15, -0.1) is 0 Å². The van der Waals surface area contributed by atoms with Gasteiger partial charge in [-0.3, -0.25) is 4.79 Å². The summed E-state index contributed by atoms with van der Waals surface area (Å²) in [7, 11) is 3.07. The topological polar surface area (TPSA) is 164 Å². The van der Waals surface area contributed by atoms with E-state index in [1.807, 2.05) is 12.1 Å². The van der Waals surface area contributed by atoms with Crippen LogP contribution in [0.2, 0.25) is 0 Å². The van der Waals surface area contributed by atoms with Crippen molar-refractivity contribution in [2.75, 3.05) is 14.2 Å². The third-order valence-electron chi connectivity index (χ3n) is 3.61. The number of rotatable bonds is 6. The van der Waals surface area contributed by atoms with Gasteiger partial charge in [-0.05, 0) is 18.2 Å². The van der Waals surface area contributed by atoms with E-state index < -0.39 is 11.9 Å². The molecule has 0 fully saturated rings. The number of carboxylic acids is 2. The molecule has 2 aromatic heterocycles. The minimum Gasteiger partial charge on any atom is -0.493 e. The van der Waals surface area contributed by atoms with E-state index in [0.29, 0.717) is 41.3 Å². The van der Waals surface area contributed by atoms with Crippen LogP contribution in [0.3, 0.4) is 0 Å². The van der Waals surface area contributed by atoms with Gasteiger partial charge in [0.05, 0.1) is 44.5 Å². The lowest BCUT2D eigenvalue weighted by Crippen LogP contribution is -2.19. The monoisotopic (exact) mass is 405 g/mol. The van der Waals surface area contributed by atoms with Gasteiger partial charge in [-0.2, -0.15) is 0 Å². The normalized spacial score (nSPS) is 10.1. The molecule has 11 heteroatoms. The highest BCUT2D eigenvalue weighted by Crippen LogP contribution is 2.29. The van der Waals surface area contributed by atoms with Crippen molar-refractivity contribution in [1.29, 1.82) is 0 Å². The number of carboxylic acid groups (broad SMARTS) is 2. The van der Waals surface area contributed by atoms with Gasteiger partial charge in [0.2, 0.25) is 0 Å². The molecule has 154 valence electrons. The summed E-state index contributed by atoms with van der Waals surface area (Å²) in [5.74, 6) is -1.26. The number of carbonyl (C=O) groups is 2. The van der Waals surface area contributed by atoms with Crippen LogP contribution in [-0.4, -0.2) is 46.3 Å². The Hall–Kier alpha value is -3.86.